The molecule has 0 radical (unpaired) electrons. The van der Waals surface area contributed by atoms with Crippen molar-refractivity contribution in [1.82, 2.24) is 19.6 Å². The van der Waals surface area contributed by atoms with Crippen molar-refractivity contribution < 1.29 is 0 Å². The van der Waals surface area contributed by atoms with E-state index in [0.717, 1.165) is 24.6 Å². The summed E-state index contributed by atoms with van der Waals surface area (Å²) in [5, 5.41) is 4.31. The average molecular weight is 293 g/mol. The number of piperidine rings is 1. The zero-order chi connectivity index (χ0) is 14.9. The highest BCUT2D eigenvalue weighted by Crippen LogP contribution is 2.30. The monoisotopic (exact) mass is 293 g/mol. The molecule has 5 heteroatoms. The summed E-state index contributed by atoms with van der Waals surface area (Å²) in [4.78, 5) is 11.0. The summed E-state index contributed by atoms with van der Waals surface area (Å²) in [6.07, 6.45) is 3.91. The molecule has 0 aliphatic carbocycles. The lowest BCUT2D eigenvalue weighted by molar-refractivity contribution is 0.500. The van der Waals surface area contributed by atoms with Crippen LogP contribution in [0.5, 0.6) is 0 Å². The van der Waals surface area contributed by atoms with Gasteiger partial charge in [0.05, 0.1) is 0 Å². The van der Waals surface area contributed by atoms with Crippen molar-refractivity contribution in [3.05, 3.63) is 54.0 Å². The van der Waals surface area contributed by atoms with Crippen LogP contribution in [0.1, 0.15) is 30.0 Å². The molecule has 2 aromatic heterocycles. The predicted molar refractivity (Wildman–Crippen MR) is 86.1 cm³/mol. The molecule has 0 atom stereocenters. The summed E-state index contributed by atoms with van der Waals surface area (Å²) in [6, 6.07) is 12.9. The molecule has 1 saturated heterocycles. The summed E-state index contributed by atoms with van der Waals surface area (Å²) in [7, 11) is 0. The van der Waals surface area contributed by atoms with E-state index in [-0.39, 0.29) is 0 Å². The fourth-order valence-corrected chi connectivity index (χ4v) is 3.30. The van der Waals surface area contributed by atoms with Gasteiger partial charge in [-0.2, -0.15) is 14.6 Å². The molecule has 0 N–H and O–H groups in total. The molecular formula is C17H19N5. The van der Waals surface area contributed by atoms with Gasteiger partial charge in [-0.1, -0.05) is 30.3 Å². The Labute approximate surface area is 129 Å². The normalized spacial score (nSPS) is 16.3. The van der Waals surface area contributed by atoms with Crippen molar-refractivity contribution in [2.75, 3.05) is 18.0 Å². The molecule has 0 amide bonds. The van der Waals surface area contributed by atoms with Crippen LogP contribution in [0, 0.1) is 6.92 Å². The Bertz CT molecular complexity index is 772. The van der Waals surface area contributed by atoms with Crippen LogP contribution in [0.4, 0.5) is 5.82 Å². The van der Waals surface area contributed by atoms with Crippen LogP contribution in [-0.2, 0) is 0 Å². The molecule has 3 heterocycles. The molecule has 112 valence electrons. The van der Waals surface area contributed by atoms with Crippen molar-refractivity contribution in [2.24, 2.45) is 0 Å². The molecule has 1 aliphatic heterocycles. The Morgan fingerprint density at radius 1 is 1.09 bits per heavy atom. The van der Waals surface area contributed by atoms with Gasteiger partial charge in [0.1, 0.15) is 12.1 Å². The van der Waals surface area contributed by atoms with E-state index in [1.165, 1.54) is 18.4 Å². The van der Waals surface area contributed by atoms with Gasteiger partial charge in [-0.3, -0.25) is 0 Å². The average Bonchev–Trinajstić information content (AvgIpc) is 3.03. The van der Waals surface area contributed by atoms with Gasteiger partial charge in [-0.25, -0.2) is 4.98 Å². The van der Waals surface area contributed by atoms with Gasteiger partial charge >= 0.3 is 0 Å². The highest BCUT2D eigenvalue weighted by atomic mass is 15.4. The Morgan fingerprint density at radius 2 is 1.86 bits per heavy atom. The molecule has 0 saturated carbocycles. The number of anilines is 1. The number of hydrogen-bond acceptors (Lipinski definition) is 4. The fraction of sp³-hybridized carbons (Fsp3) is 0.353. The maximum atomic E-state index is 4.42. The first kappa shape index (κ1) is 13.2. The highest BCUT2D eigenvalue weighted by molar-refractivity contribution is 5.47. The van der Waals surface area contributed by atoms with Gasteiger partial charge < -0.3 is 4.90 Å². The number of benzene rings is 1. The zero-order valence-electron chi connectivity index (χ0n) is 12.7. The lowest BCUT2D eigenvalue weighted by Crippen LogP contribution is -2.34. The van der Waals surface area contributed by atoms with Crippen LogP contribution in [-0.4, -0.2) is 32.7 Å². The Balaban J connectivity index is 1.57. The van der Waals surface area contributed by atoms with E-state index in [9.17, 15) is 0 Å². The standard InChI is InChI=1S/C17H19N5/c1-13-11-16(22-17(20-13)18-12-19-22)21-9-7-15(8-10-21)14-5-3-2-4-6-14/h2-6,11-12,15H,7-10H2,1H3. The van der Waals surface area contributed by atoms with Crippen LogP contribution < -0.4 is 4.90 Å². The van der Waals surface area contributed by atoms with Gasteiger partial charge in [0.15, 0.2) is 0 Å². The smallest absolute Gasteiger partial charge is 0.254 e. The lowest BCUT2D eigenvalue weighted by Gasteiger charge is -2.33. The van der Waals surface area contributed by atoms with E-state index < -0.39 is 0 Å². The van der Waals surface area contributed by atoms with Crippen LogP contribution >= 0.6 is 0 Å². The van der Waals surface area contributed by atoms with Crippen LogP contribution in [0.3, 0.4) is 0 Å². The van der Waals surface area contributed by atoms with Gasteiger partial charge in [0.25, 0.3) is 5.78 Å². The molecule has 5 nitrogen and oxygen atoms in total. The second-order valence-corrected chi connectivity index (χ2v) is 5.90. The SMILES string of the molecule is Cc1cc(N2CCC(c3ccccc3)CC2)n2ncnc2n1. The first-order valence-electron chi connectivity index (χ1n) is 7.78. The van der Waals surface area contributed by atoms with Crippen molar-refractivity contribution in [3.8, 4) is 0 Å². The third-order valence-electron chi connectivity index (χ3n) is 4.45. The first-order chi connectivity index (χ1) is 10.8. The molecule has 0 bridgehead atoms. The minimum Gasteiger partial charge on any atom is -0.356 e. The third kappa shape index (κ3) is 2.32. The van der Waals surface area contributed by atoms with Gasteiger partial charge in [0, 0.05) is 24.8 Å². The van der Waals surface area contributed by atoms with Gasteiger partial charge in [-0.15, -0.1) is 0 Å². The molecule has 1 fully saturated rings. The highest BCUT2D eigenvalue weighted by Gasteiger charge is 2.22. The summed E-state index contributed by atoms with van der Waals surface area (Å²) >= 11 is 0. The summed E-state index contributed by atoms with van der Waals surface area (Å²) in [5.41, 5.74) is 2.44. The number of fused-ring (bicyclic) bond motifs is 1. The van der Waals surface area contributed by atoms with E-state index in [1.807, 2.05) is 11.4 Å². The maximum Gasteiger partial charge on any atom is 0.254 e. The Hall–Kier alpha value is -2.43. The minimum absolute atomic E-state index is 0.659. The number of aryl methyl sites for hydroxylation is 1. The summed E-state index contributed by atoms with van der Waals surface area (Å²) < 4.78 is 1.84. The second kappa shape index (κ2) is 5.40. The Morgan fingerprint density at radius 3 is 2.64 bits per heavy atom. The molecule has 1 aliphatic rings. The molecule has 0 spiro atoms. The quantitative estimate of drug-likeness (QED) is 0.729. The first-order valence-corrected chi connectivity index (χ1v) is 7.78. The number of rotatable bonds is 2. The molecule has 1 aromatic carbocycles. The largest absolute Gasteiger partial charge is 0.356 e. The van der Waals surface area contributed by atoms with Gasteiger partial charge in [0.2, 0.25) is 0 Å². The summed E-state index contributed by atoms with van der Waals surface area (Å²) in [6.45, 7) is 4.09. The van der Waals surface area contributed by atoms with E-state index >= 15 is 0 Å². The number of nitrogens with zero attached hydrogens (tertiary/aromatic N) is 5. The molecule has 3 aromatic rings. The van der Waals surface area contributed by atoms with E-state index in [2.05, 4.69) is 56.4 Å². The van der Waals surface area contributed by atoms with E-state index in [4.69, 9.17) is 0 Å². The number of aromatic nitrogens is 4. The van der Waals surface area contributed by atoms with Crippen LogP contribution in [0.2, 0.25) is 0 Å². The summed E-state index contributed by atoms with van der Waals surface area (Å²) in [5.74, 6) is 2.44. The third-order valence-corrected chi connectivity index (χ3v) is 4.45. The van der Waals surface area contributed by atoms with Crippen LogP contribution in [0.15, 0.2) is 42.7 Å². The van der Waals surface area contributed by atoms with Crippen molar-refractivity contribution in [3.63, 3.8) is 0 Å². The molecule has 22 heavy (non-hydrogen) atoms. The molecule has 4 rings (SSSR count). The van der Waals surface area contributed by atoms with E-state index in [1.54, 1.807) is 6.33 Å². The fourth-order valence-electron chi connectivity index (χ4n) is 3.30. The van der Waals surface area contributed by atoms with Crippen molar-refractivity contribution >= 4 is 11.6 Å². The van der Waals surface area contributed by atoms with Crippen molar-refractivity contribution in [1.29, 1.82) is 0 Å². The van der Waals surface area contributed by atoms with Crippen molar-refractivity contribution in [2.45, 2.75) is 25.7 Å². The van der Waals surface area contributed by atoms with Crippen LogP contribution in [0.25, 0.3) is 5.78 Å². The van der Waals surface area contributed by atoms with E-state index in [0.29, 0.717) is 11.7 Å². The second-order valence-electron chi connectivity index (χ2n) is 5.90. The predicted octanol–water partition coefficient (Wildman–Crippen LogP) is 2.82. The minimum atomic E-state index is 0.659. The lowest BCUT2D eigenvalue weighted by atomic mass is 9.89. The van der Waals surface area contributed by atoms with Gasteiger partial charge in [-0.05, 0) is 31.2 Å². The Kier molecular flexibility index (Phi) is 3.25. The molecule has 0 unspecified atom stereocenters. The zero-order valence-corrected chi connectivity index (χ0v) is 12.7. The number of hydrogen-bond donors (Lipinski definition) is 0. The topological polar surface area (TPSA) is 46.3 Å². The maximum absolute atomic E-state index is 4.42. The molecular weight excluding hydrogens is 274 g/mol.